The molecule has 3 aliphatic rings. The van der Waals surface area contributed by atoms with Crippen LogP contribution in [0.2, 0.25) is 0 Å². The number of hydrogen-bond acceptors (Lipinski definition) is 6. The van der Waals surface area contributed by atoms with E-state index in [-0.39, 0.29) is 34.9 Å². The van der Waals surface area contributed by atoms with Gasteiger partial charge in [-0.1, -0.05) is 13.0 Å². The Hall–Kier alpha value is -2.24. The van der Waals surface area contributed by atoms with E-state index in [1.165, 1.54) is 13.8 Å². The van der Waals surface area contributed by atoms with E-state index in [9.17, 15) is 14.7 Å². The van der Waals surface area contributed by atoms with Gasteiger partial charge in [-0.05, 0) is 42.7 Å². The lowest BCUT2D eigenvalue weighted by Gasteiger charge is -2.49. The minimum Gasteiger partial charge on any atom is -0.508 e. The van der Waals surface area contributed by atoms with E-state index in [4.69, 9.17) is 14.2 Å². The van der Waals surface area contributed by atoms with Gasteiger partial charge in [-0.15, -0.1) is 0 Å². The summed E-state index contributed by atoms with van der Waals surface area (Å²) in [5.41, 5.74) is 0.885. The van der Waals surface area contributed by atoms with Crippen molar-refractivity contribution in [3.05, 3.63) is 23.8 Å². The van der Waals surface area contributed by atoms with Gasteiger partial charge in [0.2, 0.25) is 0 Å². The largest absolute Gasteiger partial charge is 0.508 e. The summed E-state index contributed by atoms with van der Waals surface area (Å²) < 4.78 is 17.2. The molecule has 2 saturated carbocycles. The third-order valence-electron chi connectivity index (χ3n) is 6.79. The monoisotopic (exact) mass is 374 g/mol. The summed E-state index contributed by atoms with van der Waals surface area (Å²) in [6.45, 7) is 5.50. The number of hydrogen-bond donors (Lipinski definition) is 1. The number of ether oxygens (including phenoxy) is 3. The molecule has 1 N–H and O–H groups in total. The summed E-state index contributed by atoms with van der Waals surface area (Å²) in [6.07, 6.45) is 1.66. The molecule has 0 bridgehead atoms. The van der Waals surface area contributed by atoms with Crippen LogP contribution in [-0.2, 0) is 19.1 Å². The first-order valence-corrected chi connectivity index (χ1v) is 9.59. The Bertz CT molecular complexity index is 774. The van der Waals surface area contributed by atoms with Crippen LogP contribution in [0.3, 0.4) is 0 Å². The van der Waals surface area contributed by atoms with E-state index in [0.29, 0.717) is 18.9 Å². The van der Waals surface area contributed by atoms with E-state index in [1.54, 1.807) is 12.1 Å². The molecule has 0 unspecified atom stereocenters. The summed E-state index contributed by atoms with van der Waals surface area (Å²) in [7, 11) is 0. The van der Waals surface area contributed by atoms with Crippen LogP contribution in [0.15, 0.2) is 18.2 Å². The van der Waals surface area contributed by atoms with Gasteiger partial charge in [0.15, 0.2) is 0 Å². The van der Waals surface area contributed by atoms with E-state index in [2.05, 4.69) is 6.92 Å². The Labute approximate surface area is 158 Å². The van der Waals surface area contributed by atoms with Crippen LogP contribution in [0.25, 0.3) is 0 Å². The second-order valence-electron chi connectivity index (χ2n) is 8.37. The van der Waals surface area contributed by atoms with Crippen molar-refractivity contribution in [1.29, 1.82) is 0 Å². The van der Waals surface area contributed by atoms with E-state index in [0.717, 1.165) is 24.2 Å². The standard InChI is InChI=1S/C21H26O6/c1-11(22)26-19-9-17-16-10-25-18-8-13(24)4-5-15(18)14(16)6-7-21(17,3)20(19)27-12(2)23/h4-5,8,14,16-17,19-20,24H,6-7,9-10H2,1-3H3/t14-,16-,17+,19-,20+,21+/m1/s1. The molecular weight excluding hydrogens is 348 g/mol. The third kappa shape index (κ3) is 2.95. The maximum atomic E-state index is 11.7. The number of rotatable bonds is 2. The number of phenols is 1. The zero-order chi connectivity index (χ0) is 19.3. The quantitative estimate of drug-likeness (QED) is 0.801. The van der Waals surface area contributed by atoms with Crippen molar-refractivity contribution < 1.29 is 28.9 Å². The lowest BCUT2D eigenvalue weighted by Crippen LogP contribution is -2.48. The van der Waals surface area contributed by atoms with Gasteiger partial charge < -0.3 is 19.3 Å². The van der Waals surface area contributed by atoms with E-state index in [1.807, 2.05) is 6.07 Å². The van der Waals surface area contributed by atoms with Crippen molar-refractivity contribution in [1.82, 2.24) is 0 Å². The topological polar surface area (TPSA) is 82.1 Å². The van der Waals surface area contributed by atoms with Crippen LogP contribution < -0.4 is 4.74 Å². The summed E-state index contributed by atoms with van der Waals surface area (Å²) in [6, 6.07) is 5.33. The predicted molar refractivity (Wildman–Crippen MR) is 96.4 cm³/mol. The minimum absolute atomic E-state index is 0.207. The van der Waals surface area contributed by atoms with Gasteiger partial charge in [-0.2, -0.15) is 0 Å². The molecule has 1 aromatic rings. The smallest absolute Gasteiger partial charge is 0.303 e. The predicted octanol–water partition coefficient (Wildman–Crippen LogP) is 3.17. The number of carbonyl (C=O) groups is 2. The van der Waals surface area contributed by atoms with Crippen LogP contribution in [-0.4, -0.2) is 35.9 Å². The summed E-state index contributed by atoms with van der Waals surface area (Å²) in [5.74, 6) is 1.09. The summed E-state index contributed by atoms with van der Waals surface area (Å²) >= 11 is 0. The first-order chi connectivity index (χ1) is 12.8. The fourth-order valence-corrected chi connectivity index (χ4v) is 5.70. The number of phenolic OH excluding ortho intramolecular Hbond substituents is 1. The van der Waals surface area contributed by atoms with Gasteiger partial charge in [-0.3, -0.25) is 9.59 Å². The van der Waals surface area contributed by atoms with Crippen LogP contribution in [0.5, 0.6) is 11.5 Å². The van der Waals surface area contributed by atoms with Gasteiger partial charge in [0.25, 0.3) is 0 Å². The van der Waals surface area contributed by atoms with Gasteiger partial charge in [0, 0.05) is 31.2 Å². The van der Waals surface area contributed by atoms with Gasteiger partial charge in [-0.25, -0.2) is 0 Å². The zero-order valence-corrected chi connectivity index (χ0v) is 15.9. The Morgan fingerprint density at radius 3 is 2.67 bits per heavy atom. The lowest BCUT2D eigenvalue weighted by molar-refractivity contribution is -0.171. The molecule has 146 valence electrons. The average molecular weight is 374 g/mol. The highest BCUT2D eigenvalue weighted by Crippen LogP contribution is 2.61. The van der Waals surface area contributed by atoms with Crippen LogP contribution in [0, 0.1) is 17.3 Å². The maximum absolute atomic E-state index is 11.7. The first-order valence-electron chi connectivity index (χ1n) is 9.59. The van der Waals surface area contributed by atoms with Crippen LogP contribution in [0.1, 0.15) is 51.5 Å². The van der Waals surface area contributed by atoms with E-state index < -0.39 is 12.2 Å². The molecule has 0 amide bonds. The molecule has 2 fully saturated rings. The van der Waals surface area contributed by atoms with Crippen molar-refractivity contribution in [2.75, 3.05) is 6.61 Å². The lowest BCUT2D eigenvalue weighted by atomic mass is 9.58. The number of esters is 2. The Morgan fingerprint density at radius 1 is 1.22 bits per heavy atom. The van der Waals surface area contributed by atoms with Crippen LogP contribution in [0.4, 0.5) is 0 Å². The average Bonchev–Trinajstić information content (AvgIpc) is 2.85. The molecule has 0 radical (unpaired) electrons. The van der Waals surface area contributed by atoms with E-state index >= 15 is 0 Å². The molecule has 1 heterocycles. The Kier molecular flexibility index (Phi) is 4.32. The normalized spacial score (nSPS) is 36.6. The SMILES string of the molecule is CC(=O)O[C@@H]1C[C@H]2[C@@H]3COc4cc(O)ccc4[C@H]3CC[C@]2(C)[C@H]1OC(C)=O. The second-order valence-corrected chi connectivity index (χ2v) is 8.37. The Balaban J connectivity index is 1.66. The third-order valence-corrected chi connectivity index (χ3v) is 6.79. The molecule has 4 rings (SSSR count). The van der Waals surface area contributed by atoms with Crippen molar-refractivity contribution in [3.63, 3.8) is 0 Å². The fourth-order valence-electron chi connectivity index (χ4n) is 5.70. The van der Waals surface area contributed by atoms with Gasteiger partial charge in [0.1, 0.15) is 23.7 Å². The molecule has 2 aliphatic carbocycles. The Morgan fingerprint density at radius 2 is 1.96 bits per heavy atom. The second kappa shape index (κ2) is 6.43. The zero-order valence-electron chi connectivity index (χ0n) is 15.9. The van der Waals surface area contributed by atoms with Gasteiger partial charge >= 0.3 is 11.9 Å². The number of carbonyl (C=O) groups excluding carboxylic acids is 2. The molecule has 6 heteroatoms. The molecule has 1 aliphatic heterocycles. The molecule has 6 nitrogen and oxygen atoms in total. The van der Waals surface area contributed by atoms with Crippen molar-refractivity contribution in [3.8, 4) is 11.5 Å². The van der Waals surface area contributed by atoms with Crippen molar-refractivity contribution >= 4 is 11.9 Å². The molecular formula is C21H26O6. The molecule has 0 saturated heterocycles. The van der Waals surface area contributed by atoms with Crippen molar-refractivity contribution in [2.45, 2.75) is 58.2 Å². The number of benzene rings is 1. The molecule has 0 spiro atoms. The fraction of sp³-hybridized carbons (Fsp3) is 0.619. The first kappa shape index (κ1) is 18.1. The number of aromatic hydroxyl groups is 1. The maximum Gasteiger partial charge on any atom is 0.303 e. The van der Waals surface area contributed by atoms with Gasteiger partial charge in [0.05, 0.1) is 6.61 Å². The highest BCUT2D eigenvalue weighted by atomic mass is 16.6. The summed E-state index contributed by atoms with van der Waals surface area (Å²) in [5, 5.41) is 9.74. The highest BCUT2D eigenvalue weighted by Gasteiger charge is 2.61. The molecule has 6 atom stereocenters. The minimum atomic E-state index is -0.425. The molecule has 1 aromatic carbocycles. The summed E-state index contributed by atoms with van der Waals surface area (Å²) in [4.78, 5) is 23.3. The number of fused-ring (bicyclic) bond motifs is 5. The molecule has 27 heavy (non-hydrogen) atoms. The van der Waals surface area contributed by atoms with Crippen molar-refractivity contribution in [2.24, 2.45) is 17.3 Å². The highest BCUT2D eigenvalue weighted by molar-refractivity contribution is 5.67. The molecule has 0 aromatic heterocycles. The van der Waals surface area contributed by atoms with Crippen LogP contribution >= 0.6 is 0 Å².